The number of carboxylic acids is 1. The number of thiocarbonyl (C=S) groups is 1. The van der Waals surface area contributed by atoms with Gasteiger partial charge in [-0.25, -0.2) is 4.79 Å². The predicted molar refractivity (Wildman–Crippen MR) is 127 cm³/mol. The molecule has 2 heterocycles. The molecule has 3 rings (SSSR count). The summed E-state index contributed by atoms with van der Waals surface area (Å²) in [6.07, 6.45) is 3.57. The number of thioether (sulfide) groups is 2. The van der Waals surface area contributed by atoms with Crippen LogP contribution in [0, 0.1) is 10.1 Å². The molecule has 0 aliphatic carbocycles. The zero-order chi connectivity index (χ0) is 23.4. The second-order valence-electron chi connectivity index (χ2n) is 6.53. The van der Waals surface area contributed by atoms with Crippen LogP contribution in [0.15, 0.2) is 39.7 Å². The minimum atomic E-state index is -1.12. The van der Waals surface area contributed by atoms with Gasteiger partial charge < -0.3 is 14.3 Å². The molecule has 0 spiro atoms. The smallest absolute Gasteiger partial charge is 0.326 e. The largest absolute Gasteiger partial charge is 0.497 e. The number of amides is 1. The van der Waals surface area contributed by atoms with Crippen LogP contribution in [-0.2, 0) is 9.59 Å². The van der Waals surface area contributed by atoms with E-state index in [-0.39, 0.29) is 38.4 Å². The number of methoxy groups -OCH3 is 1. The summed E-state index contributed by atoms with van der Waals surface area (Å²) >= 11 is 7.72. The fraction of sp³-hybridized carbons (Fsp3) is 0.250. The van der Waals surface area contributed by atoms with Gasteiger partial charge in [0.25, 0.3) is 11.6 Å². The highest BCUT2D eigenvalue weighted by Crippen LogP contribution is 2.37. The molecule has 0 radical (unpaired) electrons. The summed E-state index contributed by atoms with van der Waals surface area (Å²) in [5.41, 5.74) is 0.0701. The number of ether oxygens (including phenoxy) is 1. The van der Waals surface area contributed by atoms with Crippen molar-refractivity contribution in [1.82, 2.24) is 4.90 Å². The zero-order valence-corrected chi connectivity index (χ0v) is 19.4. The molecule has 0 unspecified atom stereocenters. The summed E-state index contributed by atoms with van der Waals surface area (Å²) in [7, 11) is 1.41. The summed E-state index contributed by atoms with van der Waals surface area (Å²) in [5.74, 6) is -0.211. The molecule has 1 fully saturated rings. The standard InChI is InChI=1S/C20H18N2O7S3/c1-28-11-3-5-13(15(9-11)22(26)27)16-6-4-12(29-16)10-17-18(23)21(20(30)32-17)14(19(24)25)7-8-31-2/h3-6,9-10,14H,7-8H2,1-2H3,(H,24,25)/b17-10-/t14-/m0/s1. The second-order valence-corrected chi connectivity index (χ2v) is 9.19. The van der Waals surface area contributed by atoms with Crippen LogP contribution >= 0.6 is 35.7 Å². The Balaban J connectivity index is 1.89. The molecule has 1 aliphatic heterocycles. The third kappa shape index (κ3) is 4.97. The van der Waals surface area contributed by atoms with Gasteiger partial charge in [-0.2, -0.15) is 11.8 Å². The van der Waals surface area contributed by atoms with Gasteiger partial charge in [-0.1, -0.05) is 24.0 Å². The SMILES string of the molecule is COc1ccc(-c2ccc(/C=C3\SC(=S)N([C@@H](CCSC)C(=O)O)C3=O)o2)c([N+](=O)[O-])c1. The predicted octanol–water partition coefficient (Wildman–Crippen LogP) is 4.27. The number of carbonyl (C=O) groups excluding carboxylic acids is 1. The van der Waals surface area contributed by atoms with Crippen LogP contribution in [0.4, 0.5) is 5.69 Å². The van der Waals surface area contributed by atoms with Crippen molar-refractivity contribution in [3.63, 3.8) is 0 Å². The van der Waals surface area contributed by atoms with Crippen molar-refractivity contribution in [3.05, 3.63) is 51.1 Å². The first-order chi connectivity index (χ1) is 15.3. The Hall–Kier alpha value is -2.83. The van der Waals surface area contributed by atoms with Crippen molar-refractivity contribution >= 4 is 63.7 Å². The minimum Gasteiger partial charge on any atom is -0.497 e. The van der Waals surface area contributed by atoms with E-state index in [9.17, 15) is 24.8 Å². The molecule has 0 saturated carbocycles. The third-order valence-corrected chi connectivity index (χ3v) is 6.56. The maximum absolute atomic E-state index is 12.9. The average molecular weight is 495 g/mol. The van der Waals surface area contributed by atoms with Gasteiger partial charge in [0.1, 0.15) is 27.6 Å². The first-order valence-electron chi connectivity index (χ1n) is 9.18. The number of aliphatic carboxylic acids is 1. The Morgan fingerprint density at radius 1 is 1.44 bits per heavy atom. The molecule has 1 aliphatic rings. The molecule has 1 aromatic heterocycles. The maximum atomic E-state index is 12.9. The van der Waals surface area contributed by atoms with E-state index in [1.807, 2.05) is 6.26 Å². The average Bonchev–Trinajstić information content (AvgIpc) is 3.33. The van der Waals surface area contributed by atoms with Crippen LogP contribution in [0.5, 0.6) is 5.75 Å². The van der Waals surface area contributed by atoms with E-state index >= 15 is 0 Å². The van der Waals surface area contributed by atoms with E-state index in [0.29, 0.717) is 11.5 Å². The first kappa shape index (κ1) is 23.8. The van der Waals surface area contributed by atoms with Crippen LogP contribution in [0.2, 0.25) is 0 Å². The van der Waals surface area contributed by atoms with Crippen molar-refractivity contribution in [2.24, 2.45) is 0 Å². The fourth-order valence-electron chi connectivity index (χ4n) is 3.04. The summed E-state index contributed by atoms with van der Waals surface area (Å²) in [4.78, 5) is 36.8. The van der Waals surface area contributed by atoms with Crippen LogP contribution in [0.1, 0.15) is 12.2 Å². The maximum Gasteiger partial charge on any atom is 0.326 e. The Bertz CT molecular complexity index is 1110. The number of hydrogen-bond donors (Lipinski definition) is 1. The lowest BCUT2D eigenvalue weighted by Gasteiger charge is -2.22. The van der Waals surface area contributed by atoms with Gasteiger partial charge in [0.2, 0.25) is 0 Å². The molecule has 9 nitrogen and oxygen atoms in total. The Morgan fingerprint density at radius 3 is 2.81 bits per heavy atom. The Kier molecular flexibility index (Phi) is 7.59. The topological polar surface area (TPSA) is 123 Å². The number of rotatable bonds is 9. The number of furan rings is 1. The van der Waals surface area contributed by atoms with Gasteiger partial charge in [-0.3, -0.25) is 19.8 Å². The van der Waals surface area contributed by atoms with Crippen LogP contribution in [0.3, 0.4) is 0 Å². The lowest BCUT2D eigenvalue weighted by atomic mass is 10.1. The van der Waals surface area contributed by atoms with Gasteiger partial charge in [0.15, 0.2) is 0 Å². The first-order valence-corrected chi connectivity index (χ1v) is 11.8. The second kappa shape index (κ2) is 10.2. The van der Waals surface area contributed by atoms with Gasteiger partial charge in [0.05, 0.1) is 28.6 Å². The zero-order valence-electron chi connectivity index (χ0n) is 17.0. The Labute approximate surface area is 196 Å². The number of nitro groups is 1. The van der Waals surface area contributed by atoms with Gasteiger partial charge in [-0.05, 0) is 42.7 Å². The molecule has 32 heavy (non-hydrogen) atoms. The van der Waals surface area contributed by atoms with Crippen LogP contribution < -0.4 is 4.74 Å². The van der Waals surface area contributed by atoms with Crippen LogP contribution in [-0.4, -0.2) is 56.3 Å². The van der Waals surface area contributed by atoms with E-state index in [2.05, 4.69) is 0 Å². The van der Waals surface area contributed by atoms with E-state index in [4.69, 9.17) is 21.4 Å². The number of carboxylic acid groups (broad SMARTS) is 1. The highest BCUT2D eigenvalue weighted by atomic mass is 32.2. The molecule has 2 aromatic rings. The van der Waals surface area contributed by atoms with Gasteiger partial charge >= 0.3 is 5.97 Å². The Morgan fingerprint density at radius 2 is 2.19 bits per heavy atom. The summed E-state index contributed by atoms with van der Waals surface area (Å²) in [6.45, 7) is 0. The molecule has 12 heteroatoms. The molecule has 1 amide bonds. The van der Waals surface area contributed by atoms with E-state index in [1.165, 1.54) is 37.1 Å². The molecule has 1 saturated heterocycles. The van der Waals surface area contributed by atoms with Crippen molar-refractivity contribution in [2.45, 2.75) is 12.5 Å². The lowest BCUT2D eigenvalue weighted by Crippen LogP contribution is -2.44. The summed E-state index contributed by atoms with van der Waals surface area (Å²) in [5, 5.41) is 21.0. The van der Waals surface area contributed by atoms with Crippen molar-refractivity contribution in [3.8, 4) is 17.1 Å². The summed E-state index contributed by atoms with van der Waals surface area (Å²) < 4.78 is 10.9. The van der Waals surface area contributed by atoms with E-state index < -0.39 is 22.8 Å². The van der Waals surface area contributed by atoms with E-state index in [0.717, 1.165) is 16.7 Å². The van der Waals surface area contributed by atoms with Crippen LogP contribution in [0.25, 0.3) is 17.4 Å². The summed E-state index contributed by atoms with van der Waals surface area (Å²) in [6, 6.07) is 6.47. The molecular weight excluding hydrogens is 476 g/mol. The number of nitro benzene ring substituents is 1. The minimum absolute atomic E-state index is 0.160. The highest BCUT2D eigenvalue weighted by Gasteiger charge is 2.40. The molecular formula is C20H18N2O7S3. The third-order valence-electron chi connectivity index (χ3n) is 4.58. The number of nitrogens with zero attached hydrogens (tertiary/aromatic N) is 2. The molecule has 168 valence electrons. The van der Waals surface area contributed by atoms with Crippen molar-refractivity contribution in [1.29, 1.82) is 0 Å². The number of benzene rings is 1. The monoisotopic (exact) mass is 494 g/mol. The normalized spacial score (nSPS) is 15.9. The van der Waals surface area contributed by atoms with Gasteiger partial charge in [-0.15, -0.1) is 0 Å². The highest BCUT2D eigenvalue weighted by molar-refractivity contribution is 8.26. The lowest BCUT2D eigenvalue weighted by molar-refractivity contribution is -0.384. The van der Waals surface area contributed by atoms with Crippen molar-refractivity contribution in [2.75, 3.05) is 19.1 Å². The number of hydrogen-bond acceptors (Lipinski definition) is 9. The van der Waals surface area contributed by atoms with E-state index in [1.54, 1.807) is 18.2 Å². The number of carbonyl (C=O) groups is 2. The van der Waals surface area contributed by atoms with Crippen molar-refractivity contribution < 1.29 is 28.8 Å². The van der Waals surface area contributed by atoms with Gasteiger partial charge in [0, 0.05) is 6.08 Å². The fourth-order valence-corrected chi connectivity index (χ4v) is 4.84. The molecule has 1 N–H and O–H groups in total. The molecule has 1 atom stereocenters. The molecule has 0 bridgehead atoms. The molecule has 1 aromatic carbocycles. The quantitative estimate of drug-likeness (QED) is 0.234.